The predicted octanol–water partition coefficient (Wildman–Crippen LogP) is 1.99. The van der Waals surface area contributed by atoms with Gasteiger partial charge in [-0.2, -0.15) is 0 Å². The number of rotatable bonds is 4. The zero-order valence-electron chi connectivity index (χ0n) is 13.8. The van der Waals surface area contributed by atoms with Crippen molar-refractivity contribution in [3.8, 4) is 0 Å². The highest BCUT2D eigenvalue weighted by atomic mass is 32.2. The number of ether oxygens (including phenoxy) is 1. The van der Waals surface area contributed by atoms with Crippen molar-refractivity contribution < 1.29 is 17.9 Å². The first-order chi connectivity index (χ1) is 11.4. The monoisotopic (exact) mass is 370 g/mol. The van der Waals surface area contributed by atoms with E-state index in [2.05, 4.69) is 11.6 Å². The number of carbonyl (C=O) groups excluding carboxylic acids is 1. The van der Waals surface area contributed by atoms with E-state index in [9.17, 15) is 13.2 Å². The quantitative estimate of drug-likeness (QED) is 0.877. The van der Waals surface area contributed by atoms with Gasteiger partial charge < -0.3 is 9.64 Å². The van der Waals surface area contributed by atoms with E-state index >= 15 is 0 Å². The number of nitrogens with one attached hydrogen (secondary N) is 1. The number of hydrogen-bond acceptors (Lipinski definition) is 5. The first-order valence-electron chi connectivity index (χ1n) is 8.07. The number of nitrogens with zero attached hydrogens (tertiary/aromatic N) is 1. The van der Waals surface area contributed by atoms with Gasteiger partial charge in [0.2, 0.25) is 15.9 Å². The van der Waals surface area contributed by atoms with E-state index in [1.54, 1.807) is 34.9 Å². The van der Waals surface area contributed by atoms with Crippen LogP contribution in [0.1, 0.15) is 26.7 Å². The van der Waals surface area contributed by atoms with Crippen LogP contribution in [0.4, 0.5) is 5.69 Å². The number of carbonyl (C=O) groups is 1. The zero-order chi connectivity index (χ0) is 17.3. The Morgan fingerprint density at radius 2 is 2.25 bits per heavy atom. The molecular formula is C16H22N2O4S2. The fourth-order valence-electron chi connectivity index (χ4n) is 2.97. The second kappa shape index (κ2) is 7.03. The molecule has 0 saturated carbocycles. The number of thioether (sulfide) groups is 1. The van der Waals surface area contributed by atoms with E-state index in [4.69, 9.17) is 4.74 Å². The summed E-state index contributed by atoms with van der Waals surface area (Å²) in [6.45, 7) is 5.11. The van der Waals surface area contributed by atoms with Crippen LogP contribution in [-0.2, 0) is 19.6 Å². The molecule has 24 heavy (non-hydrogen) atoms. The van der Waals surface area contributed by atoms with Crippen LogP contribution >= 0.6 is 11.8 Å². The first kappa shape index (κ1) is 17.7. The molecule has 2 aliphatic rings. The summed E-state index contributed by atoms with van der Waals surface area (Å²) < 4.78 is 33.1. The number of benzene rings is 1. The topological polar surface area (TPSA) is 75.7 Å². The summed E-state index contributed by atoms with van der Waals surface area (Å²) in [6, 6.07) is 4.97. The molecule has 0 radical (unpaired) electrons. The summed E-state index contributed by atoms with van der Waals surface area (Å²) in [5.74, 6) is -0.0785. The van der Waals surface area contributed by atoms with Gasteiger partial charge >= 0.3 is 0 Å². The summed E-state index contributed by atoms with van der Waals surface area (Å²) in [5, 5.41) is 0.279. The molecule has 2 aliphatic heterocycles. The molecule has 0 aromatic heterocycles. The van der Waals surface area contributed by atoms with Gasteiger partial charge in [-0.1, -0.05) is 6.92 Å². The lowest BCUT2D eigenvalue weighted by Gasteiger charge is -2.32. The van der Waals surface area contributed by atoms with E-state index < -0.39 is 10.0 Å². The third-order valence-electron chi connectivity index (χ3n) is 4.20. The molecule has 1 aromatic carbocycles. The summed E-state index contributed by atoms with van der Waals surface area (Å²) in [6.07, 6.45) is 1.79. The largest absolute Gasteiger partial charge is 0.377 e. The molecule has 2 heterocycles. The van der Waals surface area contributed by atoms with E-state index in [0.29, 0.717) is 18.8 Å². The maximum Gasteiger partial charge on any atom is 0.240 e. The number of fused-ring (bicyclic) bond motifs is 1. The van der Waals surface area contributed by atoms with E-state index in [-0.39, 0.29) is 28.7 Å². The standard InChI is InChI=1S/C16H22N2O4S2/c1-11-10-18(12(2)19)15-8-14(5-6-16(15)23-11)24(20,21)17-9-13-4-3-7-22-13/h5-6,8,11,13,17H,3-4,7,9-10H2,1-2H3. The SMILES string of the molecule is CC(=O)N1CC(C)Sc2ccc(S(=O)(=O)NCC3CCCO3)cc21. The second-order valence-electron chi connectivity index (χ2n) is 6.17. The Morgan fingerprint density at radius 3 is 2.92 bits per heavy atom. The Labute approximate surface area is 147 Å². The van der Waals surface area contributed by atoms with Gasteiger partial charge in [0.25, 0.3) is 0 Å². The van der Waals surface area contributed by atoms with Gasteiger partial charge in [-0.25, -0.2) is 13.1 Å². The lowest BCUT2D eigenvalue weighted by molar-refractivity contribution is -0.116. The van der Waals surface area contributed by atoms with E-state index in [1.165, 1.54) is 6.92 Å². The van der Waals surface area contributed by atoms with E-state index in [0.717, 1.165) is 17.7 Å². The summed E-state index contributed by atoms with van der Waals surface area (Å²) in [7, 11) is -3.62. The molecule has 3 rings (SSSR count). The molecule has 1 fully saturated rings. The average molecular weight is 370 g/mol. The summed E-state index contributed by atoms with van der Waals surface area (Å²) in [5.41, 5.74) is 0.672. The summed E-state index contributed by atoms with van der Waals surface area (Å²) >= 11 is 1.66. The zero-order valence-corrected chi connectivity index (χ0v) is 15.5. The third-order valence-corrected chi connectivity index (χ3v) is 6.78. The number of hydrogen-bond donors (Lipinski definition) is 1. The number of sulfonamides is 1. The highest BCUT2D eigenvalue weighted by Crippen LogP contribution is 2.39. The Balaban J connectivity index is 1.83. The molecule has 132 valence electrons. The van der Waals surface area contributed by atoms with Crippen LogP contribution < -0.4 is 9.62 Å². The first-order valence-corrected chi connectivity index (χ1v) is 10.4. The Hall–Kier alpha value is -1.09. The lowest BCUT2D eigenvalue weighted by atomic mass is 10.2. The minimum absolute atomic E-state index is 0.0532. The van der Waals surface area contributed by atoms with Gasteiger partial charge in [-0.3, -0.25) is 4.79 Å². The fraction of sp³-hybridized carbons (Fsp3) is 0.562. The number of anilines is 1. The van der Waals surface area contributed by atoms with Crippen molar-refractivity contribution in [1.29, 1.82) is 0 Å². The van der Waals surface area contributed by atoms with Crippen LogP contribution in [0.25, 0.3) is 0 Å². The molecule has 1 N–H and O–H groups in total. The van der Waals surface area contributed by atoms with Crippen molar-refractivity contribution in [3.63, 3.8) is 0 Å². The van der Waals surface area contributed by atoms with Crippen LogP contribution in [0.3, 0.4) is 0 Å². The van der Waals surface area contributed by atoms with Gasteiger partial charge in [0.1, 0.15) is 0 Å². The summed E-state index contributed by atoms with van der Waals surface area (Å²) in [4.78, 5) is 14.7. The lowest BCUT2D eigenvalue weighted by Crippen LogP contribution is -2.37. The van der Waals surface area contributed by atoms with Crippen molar-refractivity contribution in [1.82, 2.24) is 4.72 Å². The van der Waals surface area contributed by atoms with Crippen molar-refractivity contribution in [2.24, 2.45) is 0 Å². The fourth-order valence-corrected chi connectivity index (χ4v) is 5.15. The Morgan fingerprint density at radius 1 is 1.46 bits per heavy atom. The highest BCUT2D eigenvalue weighted by Gasteiger charge is 2.27. The molecular weight excluding hydrogens is 348 g/mol. The van der Waals surface area contributed by atoms with Crippen LogP contribution in [0.15, 0.2) is 28.0 Å². The number of amides is 1. The molecule has 0 aliphatic carbocycles. The Bertz CT molecular complexity index is 730. The van der Waals surface area contributed by atoms with Crippen LogP contribution in [0, 0.1) is 0 Å². The molecule has 0 spiro atoms. The van der Waals surface area contributed by atoms with Gasteiger partial charge in [0, 0.05) is 36.8 Å². The normalized spacial score (nSPS) is 24.0. The molecule has 2 unspecified atom stereocenters. The van der Waals surface area contributed by atoms with Gasteiger partial charge in [0.05, 0.1) is 16.7 Å². The molecule has 0 bridgehead atoms. The van der Waals surface area contributed by atoms with Crippen molar-refractivity contribution in [2.75, 3.05) is 24.6 Å². The smallest absolute Gasteiger partial charge is 0.240 e. The van der Waals surface area contributed by atoms with Crippen molar-refractivity contribution >= 4 is 33.4 Å². The van der Waals surface area contributed by atoms with Crippen molar-refractivity contribution in [3.05, 3.63) is 18.2 Å². The molecule has 2 atom stereocenters. The van der Waals surface area contributed by atoms with Crippen LogP contribution in [-0.4, -0.2) is 45.4 Å². The minimum Gasteiger partial charge on any atom is -0.377 e. The second-order valence-corrected chi connectivity index (χ2v) is 9.42. The molecule has 1 amide bonds. The van der Waals surface area contributed by atoms with Crippen LogP contribution in [0.5, 0.6) is 0 Å². The molecule has 6 nitrogen and oxygen atoms in total. The predicted molar refractivity (Wildman–Crippen MR) is 94.0 cm³/mol. The van der Waals surface area contributed by atoms with Gasteiger partial charge in [0.15, 0.2) is 0 Å². The van der Waals surface area contributed by atoms with E-state index in [1.807, 2.05) is 0 Å². The maximum absolute atomic E-state index is 12.5. The molecule has 8 heteroatoms. The van der Waals surface area contributed by atoms with Crippen LogP contribution in [0.2, 0.25) is 0 Å². The van der Waals surface area contributed by atoms with Gasteiger partial charge in [-0.05, 0) is 31.0 Å². The van der Waals surface area contributed by atoms with Crippen molar-refractivity contribution in [2.45, 2.75) is 47.8 Å². The molecule has 1 aromatic rings. The minimum atomic E-state index is -3.62. The maximum atomic E-state index is 12.5. The third kappa shape index (κ3) is 3.77. The van der Waals surface area contributed by atoms with Gasteiger partial charge in [-0.15, -0.1) is 11.8 Å². The molecule has 1 saturated heterocycles. The average Bonchev–Trinajstić information content (AvgIpc) is 3.05. The highest BCUT2D eigenvalue weighted by molar-refractivity contribution is 8.00. The Kier molecular flexibility index (Phi) is 5.19.